The van der Waals surface area contributed by atoms with Gasteiger partial charge in [0.2, 0.25) is 0 Å². The number of rotatable bonds is 4. The highest BCUT2D eigenvalue weighted by molar-refractivity contribution is 9.10. The molecule has 0 aliphatic rings. The third-order valence-electron chi connectivity index (χ3n) is 2.90. The summed E-state index contributed by atoms with van der Waals surface area (Å²) in [5, 5.41) is 0. The van der Waals surface area contributed by atoms with E-state index in [1.165, 1.54) is 11.3 Å². The van der Waals surface area contributed by atoms with Crippen molar-refractivity contribution in [2.45, 2.75) is 13.1 Å². The summed E-state index contributed by atoms with van der Waals surface area (Å²) >= 11 is 3.50. The average Bonchev–Trinajstić information content (AvgIpc) is 2.39. The zero-order chi connectivity index (χ0) is 13.0. The SMILES string of the molecule is CN(Cc1cccc(Br)c1)c1cccc(CN)c1. The summed E-state index contributed by atoms with van der Waals surface area (Å²) in [4.78, 5) is 2.22. The molecule has 2 N–H and O–H groups in total. The lowest BCUT2D eigenvalue weighted by molar-refractivity contribution is 0.918. The molecule has 0 bridgehead atoms. The molecule has 18 heavy (non-hydrogen) atoms. The first kappa shape index (κ1) is 13.1. The summed E-state index contributed by atoms with van der Waals surface area (Å²) in [5.74, 6) is 0. The minimum Gasteiger partial charge on any atom is -0.370 e. The fourth-order valence-electron chi connectivity index (χ4n) is 1.92. The van der Waals surface area contributed by atoms with E-state index in [0.29, 0.717) is 6.54 Å². The van der Waals surface area contributed by atoms with Crippen LogP contribution in [0.1, 0.15) is 11.1 Å². The van der Waals surface area contributed by atoms with Gasteiger partial charge in [0.25, 0.3) is 0 Å². The Morgan fingerprint density at radius 3 is 2.50 bits per heavy atom. The highest BCUT2D eigenvalue weighted by atomic mass is 79.9. The van der Waals surface area contributed by atoms with Crippen LogP contribution in [-0.4, -0.2) is 7.05 Å². The standard InChI is InChI=1S/C15H17BrN2/c1-18(11-13-5-2-6-14(16)8-13)15-7-3-4-12(9-15)10-17/h2-9H,10-11,17H2,1H3. The first-order valence-corrected chi connectivity index (χ1v) is 6.73. The van der Waals surface area contributed by atoms with Crippen LogP contribution < -0.4 is 10.6 Å². The maximum atomic E-state index is 5.67. The van der Waals surface area contributed by atoms with Gasteiger partial charge in [-0.15, -0.1) is 0 Å². The molecule has 2 aromatic carbocycles. The normalized spacial score (nSPS) is 10.4. The van der Waals surface area contributed by atoms with Crippen molar-refractivity contribution < 1.29 is 0 Å². The summed E-state index contributed by atoms with van der Waals surface area (Å²) in [6.07, 6.45) is 0. The van der Waals surface area contributed by atoms with Gasteiger partial charge in [0.15, 0.2) is 0 Å². The number of hydrogen-bond acceptors (Lipinski definition) is 2. The molecule has 0 radical (unpaired) electrons. The van der Waals surface area contributed by atoms with E-state index in [9.17, 15) is 0 Å². The molecule has 0 fully saturated rings. The van der Waals surface area contributed by atoms with Gasteiger partial charge in [0, 0.05) is 30.3 Å². The van der Waals surface area contributed by atoms with Crippen molar-refractivity contribution in [1.29, 1.82) is 0 Å². The number of halogens is 1. The third kappa shape index (κ3) is 3.34. The molecule has 0 saturated carbocycles. The molecule has 2 aromatic rings. The third-order valence-corrected chi connectivity index (χ3v) is 3.39. The van der Waals surface area contributed by atoms with Gasteiger partial charge in [-0.2, -0.15) is 0 Å². The predicted octanol–water partition coefficient (Wildman–Crippen LogP) is 3.54. The van der Waals surface area contributed by atoms with E-state index >= 15 is 0 Å². The van der Waals surface area contributed by atoms with E-state index in [1.54, 1.807) is 0 Å². The first-order valence-electron chi connectivity index (χ1n) is 5.93. The van der Waals surface area contributed by atoms with Crippen LogP contribution in [0.2, 0.25) is 0 Å². The van der Waals surface area contributed by atoms with Crippen LogP contribution in [0.25, 0.3) is 0 Å². The smallest absolute Gasteiger partial charge is 0.0426 e. The minimum absolute atomic E-state index is 0.582. The van der Waals surface area contributed by atoms with Crippen LogP contribution in [0.5, 0.6) is 0 Å². The van der Waals surface area contributed by atoms with Gasteiger partial charge in [-0.1, -0.05) is 40.2 Å². The van der Waals surface area contributed by atoms with Gasteiger partial charge in [-0.3, -0.25) is 0 Å². The van der Waals surface area contributed by atoms with Crippen molar-refractivity contribution in [3.63, 3.8) is 0 Å². The second kappa shape index (κ2) is 6.03. The van der Waals surface area contributed by atoms with E-state index in [2.05, 4.69) is 70.3 Å². The molecule has 94 valence electrons. The Hall–Kier alpha value is -1.32. The highest BCUT2D eigenvalue weighted by Crippen LogP contribution is 2.19. The fraction of sp³-hybridized carbons (Fsp3) is 0.200. The van der Waals surface area contributed by atoms with Crippen LogP contribution in [-0.2, 0) is 13.1 Å². The average molecular weight is 305 g/mol. The molecule has 2 rings (SSSR count). The lowest BCUT2D eigenvalue weighted by Gasteiger charge is -2.20. The monoisotopic (exact) mass is 304 g/mol. The number of anilines is 1. The number of nitrogens with zero attached hydrogens (tertiary/aromatic N) is 1. The van der Waals surface area contributed by atoms with E-state index in [0.717, 1.165) is 16.6 Å². The molecule has 0 aliphatic carbocycles. The molecular weight excluding hydrogens is 288 g/mol. The van der Waals surface area contributed by atoms with E-state index in [4.69, 9.17) is 5.73 Å². The molecule has 0 atom stereocenters. The molecule has 0 saturated heterocycles. The van der Waals surface area contributed by atoms with Crippen LogP contribution >= 0.6 is 15.9 Å². The van der Waals surface area contributed by atoms with Crippen LogP contribution in [0.15, 0.2) is 53.0 Å². The second-order valence-electron chi connectivity index (χ2n) is 4.36. The quantitative estimate of drug-likeness (QED) is 0.936. The van der Waals surface area contributed by atoms with Crippen molar-refractivity contribution in [3.8, 4) is 0 Å². The molecule has 0 spiro atoms. The summed E-state index contributed by atoms with van der Waals surface area (Å²) in [5.41, 5.74) is 9.30. The minimum atomic E-state index is 0.582. The molecule has 0 amide bonds. The van der Waals surface area contributed by atoms with Gasteiger partial charge in [-0.25, -0.2) is 0 Å². The maximum absolute atomic E-state index is 5.67. The first-order chi connectivity index (χ1) is 8.69. The van der Waals surface area contributed by atoms with E-state index < -0.39 is 0 Å². The summed E-state index contributed by atoms with van der Waals surface area (Å²) in [7, 11) is 2.09. The van der Waals surface area contributed by atoms with Crippen molar-refractivity contribution in [1.82, 2.24) is 0 Å². The van der Waals surface area contributed by atoms with Crippen LogP contribution in [0.3, 0.4) is 0 Å². The molecular formula is C15H17BrN2. The zero-order valence-electron chi connectivity index (χ0n) is 10.4. The Balaban J connectivity index is 2.13. The summed E-state index contributed by atoms with van der Waals surface area (Å²) in [6.45, 7) is 1.46. The molecule has 0 heterocycles. The van der Waals surface area contributed by atoms with Crippen molar-refractivity contribution >= 4 is 21.6 Å². The van der Waals surface area contributed by atoms with Gasteiger partial charge in [-0.05, 0) is 35.4 Å². The number of benzene rings is 2. The Kier molecular flexibility index (Phi) is 4.39. The maximum Gasteiger partial charge on any atom is 0.0426 e. The van der Waals surface area contributed by atoms with Crippen molar-refractivity contribution in [2.24, 2.45) is 5.73 Å². The molecule has 0 aromatic heterocycles. The second-order valence-corrected chi connectivity index (χ2v) is 5.28. The Labute approximate surface area is 117 Å². The zero-order valence-corrected chi connectivity index (χ0v) is 12.0. The molecule has 3 heteroatoms. The number of nitrogens with two attached hydrogens (primary N) is 1. The Bertz CT molecular complexity index is 525. The lowest BCUT2D eigenvalue weighted by Crippen LogP contribution is -2.16. The van der Waals surface area contributed by atoms with Crippen molar-refractivity contribution in [3.05, 3.63) is 64.1 Å². The highest BCUT2D eigenvalue weighted by Gasteiger charge is 2.03. The topological polar surface area (TPSA) is 29.3 Å². The largest absolute Gasteiger partial charge is 0.370 e. The van der Waals surface area contributed by atoms with Gasteiger partial charge < -0.3 is 10.6 Å². The van der Waals surface area contributed by atoms with E-state index in [-0.39, 0.29) is 0 Å². The van der Waals surface area contributed by atoms with Gasteiger partial charge in [0.1, 0.15) is 0 Å². The van der Waals surface area contributed by atoms with Crippen molar-refractivity contribution in [2.75, 3.05) is 11.9 Å². The Morgan fingerprint density at radius 1 is 1.06 bits per heavy atom. The molecule has 0 unspecified atom stereocenters. The van der Waals surface area contributed by atoms with Gasteiger partial charge in [0.05, 0.1) is 0 Å². The van der Waals surface area contributed by atoms with Crippen LogP contribution in [0.4, 0.5) is 5.69 Å². The fourth-order valence-corrected chi connectivity index (χ4v) is 2.37. The molecule has 0 aliphatic heterocycles. The van der Waals surface area contributed by atoms with Gasteiger partial charge >= 0.3 is 0 Å². The predicted molar refractivity (Wildman–Crippen MR) is 80.6 cm³/mol. The van der Waals surface area contributed by atoms with E-state index in [1.807, 2.05) is 6.07 Å². The summed E-state index contributed by atoms with van der Waals surface area (Å²) < 4.78 is 1.11. The summed E-state index contributed by atoms with van der Waals surface area (Å²) in [6, 6.07) is 16.7. The number of hydrogen-bond donors (Lipinski definition) is 1. The Morgan fingerprint density at radius 2 is 1.78 bits per heavy atom. The lowest BCUT2D eigenvalue weighted by atomic mass is 10.1. The molecule has 2 nitrogen and oxygen atoms in total. The van der Waals surface area contributed by atoms with Crippen LogP contribution in [0, 0.1) is 0 Å².